The molecule has 6 heteroatoms. The summed E-state index contributed by atoms with van der Waals surface area (Å²) in [4.78, 5) is 11.5. The average Bonchev–Trinajstić information content (AvgIpc) is 3.27. The van der Waals surface area contributed by atoms with Gasteiger partial charge in [0.2, 0.25) is 0 Å². The van der Waals surface area contributed by atoms with Gasteiger partial charge in [-0.2, -0.15) is 0 Å². The molecule has 0 bridgehead atoms. The number of benzene rings is 1. The van der Waals surface area contributed by atoms with Crippen LogP contribution >= 0.6 is 11.6 Å². The molecule has 24 heavy (non-hydrogen) atoms. The van der Waals surface area contributed by atoms with E-state index >= 15 is 0 Å². The number of nitrogens with two attached hydrogens (primary N) is 1. The number of nitrogens with one attached hydrogen (secondary N) is 1. The Hall–Kier alpha value is -2.14. The highest BCUT2D eigenvalue weighted by Crippen LogP contribution is 2.60. The van der Waals surface area contributed by atoms with Gasteiger partial charge in [-0.1, -0.05) is 35.9 Å². The van der Waals surface area contributed by atoms with Gasteiger partial charge >= 0.3 is 0 Å². The lowest BCUT2D eigenvalue weighted by molar-refractivity contribution is 0.100. The molecular formula is C18H19ClN4O. The number of hydrogen-bond donors (Lipinski definition) is 2. The van der Waals surface area contributed by atoms with Crippen LogP contribution in [0.4, 0.5) is 5.82 Å². The number of nitrogens with zero attached hydrogens (tertiary/aromatic N) is 2. The van der Waals surface area contributed by atoms with Crippen molar-refractivity contribution in [3.05, 3.63) is 52.2 Å². The Morgan fingerprint density at radius 3 is 3.04 bits per heavy atom. The first-order valence-corrected chi connectivity index (χ1v) is 8.63. The van der Waals surface area contributed by atoms with Crippen LogP contribution in [0.3, 0.4) is 0 Å². The SMILES string of the molecule is NC(=O)c1cc(Cl)nnc1NCC1CC12CCCc1ccccc12. The molecule has 1 aromatic carbocycles. The number of aromatic nitrogens is 2. The van der Waals surface area contributed by atoms with Gasteiger partial charge in [0.25, 0.3) is 5.91 Å². The maximum absolute atomic E-state index is 11.5. The number of primary amides is 1. The highest BCUT2D eigenvalue weighted by molar-refractivity contribution is 6.29. The van der Waals surface area contributed by atoms with Gasteiger partial charge in [-0.15, -0.1) is 10.2 Å². The lowest BCUT2D eigenvalue weighted by Crippen LogP contribution is -2.22. The number of carbonyl (C=O) groups excluding carboxylic acids is 1. The Labute approximate surface area is 145 Å². The summed E-state index contributed by atoms with van der Waals surface area (Å²) in [5.41, 5.74) is 8.95. The summed E-state index contributed by atoms with van der Waals surface area (Å²) < 4.78 is 0. The fourth-order valence-corrected chi connectivity index (χ4v) is 4.29. The van der Waals surface area contributed by atoms with Crippen molar-refractivity contribution in [1.29, 1.82) is 0 Å². The molecule has 2 aliphatic rings. The third kappa shape index (κ3) is 2.53. The molecule has 0 radical (unpaired) electrons. The number of hydrogen-bond acceptors (Lipinski definition) is 4. The molecule has 2 atom stereocenters. The summed E-state index contributed by atoms with van der Waals surface area (Å²) in [5, 5.41) is 11.2. The second-order valence-electron chi connectivity index (χ2n) is 6.74. The van der Waals surface area contributed by atoms with Gasteiger partial charge in [-0.3, -0.25) is 4.79 Å². The van der Waals surface area contributed by atoms with Gasteiger partial charge in [0.1, 0.15) is 0 Å². The Balaban J connectivity index is 1.51. The van der Waals surface area contributed by atoms with E-state index in [4.69, 9.17) is 17.3 Å². The highest BCUT2D eigenvalue weighted by atomic mass is 35.5. The van der Waals surface area contributed by atoms with Crippen LogP contribution in [0.5, 0.6) is 0 Å². The fraction of sp³-hybridized carbons (Fsp3) is 0.389. The molecule has 124 valence electrons. The van der Waals surface area contributed by atoms with Crippen LogP contribution in [0.2, 0.25) is 5.15 Å². The zero-order valence-corrected chi connectivity index (χ0v) is 14.0. The highest BCUT2D eigenvalue weighted by Gasteiger charge is 2.56. The van der Waals surface area contributed by atoms with E-state index in [0.29, 0.717) is 11.7 Å². The third-order valence-corrected chi connectivity index (χ3v) is 5.58. The molecule has 1 amide bonds. The Morgan fingerprint density at radius 1 is 1.38 bits per heavy atom. The van der Waals surface area contributed by atoms with E-state index in [1.807, 2.05) is 0 Å². The van der Waals surface area contributed by atoms with Gasteiger partial charge in [-0.25, -0.2) is 0 Å². The number of aryl methyl sites for hydroxylation is 1. The monoisotopic (exact) mass is 342 g/mol. The lowest BCUT2D eigenvalue weighted by Gasteiger charge is -2.26. The fourth-order valence-electron chi connectivity index (χ4n) is 4.14. The topological polar surface area (TPSA) is 80.9 Å². The first-order chi connectivity index (χ1) is 11.6. The van der Waals surface area contributed by atoms with E-state index in [2.05, 4.69) is 39.8 Å². The summed E-state index contributed by atoms with van der Waals surface area (Å²) >= 11 is 5.80. The molecule has 1 spiro atoms. The minimum Gasteiger partial charge on any atom is -0.368 e. The average molecular weight is 343 g/mol. The van der Waals surface area contributed by atoms with Crippen molar-refractivity contribution in [2.75, 3.05) is 11.9 Å². The Morgan fingerprint density at radius 2 is 2.21 bits per heavy atom. The maximum atomic E-state index is 11.5. The molecule has 2 aliphatic carbocycles. The van der Waals surface area contributed by atoms with Crippen LogP contribution in [0, 0.1) is 5.92 Å². The Bertz CT molecular complexity index is 809. The van der Waals surface area contributed by atoms with Gasteiger partial charge in [-0.05, 0) is 48.8 Å². The zero-order valence-electron chi connectivity index (χ0n) is 13.3. The van der Waals surface area contributed by atoms with Gasteiger partial charge in [0, 0.05) is 12.0 Å². The predicted molar refractivity (Wildman–Crippen MR) is 93.2 cm³/mol. The van der Waals surface area contributed by atoms with Crippen LogP contribution in [-0.2, 0) is 11.8 Å². The van der Waals surface area contributed by atoms with Crippen LogP contribution in [0.15, 0.2) is 30.3 Å². The summed E-state index contributed by atoms with van der Waals surface area (Å²) in [6.45, 7) is 0.755. The van der Waals surface area contributed by atoms with E-state index in [1.165, 1.54) is 42.9 Å². The van der Waals surface area contributed by atoms with Crippen LogP contribution < -0.4 is 11.1 Å². The molecule has 1 saturated carbocycles. The normalized spacial score (nSPS) is 24.5. The molecule has 3 N–H and O–H groups in total. The van der Waals surface area contributed by atoms with Crippen molar-refractivity contribution in [1.82, 2.24) is 10.2 Å². The predicted octanol–water partition coefficient (Wildman–Crippen LogP) is 2.94. The molecule has 5 nitrogen and oxygen atoms in total. The van der Waals surface area contributed by atoms with Crippen LogP contribution in [0.25, 0.3) is 0 Å². The minimum absolute atomic E-state index is 0.165. The van der Waals surface area contributed by atoms with Crippen molar-refractivity contribution >= 4 is 23.3 Å². The van der Waals surface area contributed by atoms with E-state index in [-0.39, 0.29) is 16.1 Å². The number of amides is 1. The van der Waals surface area contributed by atoms with E-state index in [1.54, 1.807) is 0 Å². The number of halogens is 1. The van der Waals surface area contributed by atoms with E-state index in [9.17, 15) is 4.79 Å². The molecule has 2 unspecified atom stereocenters. The third-order valence-electron chi connectivity index (χ3n) is 5.40. The van der Waals surface area contributed by atoms with Gasteiger partial charge < -0.3 is 11.1 Å². The number of rotatable bonds is 4. The molecular weight excluding hydrogens is 324 g/mol. The van der Waals surface area contributed by atoms with Crippen molar-refractivity contribution < 1.29 is 4.79 Å². The first-order valence-electron chi connectivity index (χ1n) is 8.25. The quantitative estimate of drug-likeness (QED) is 0.895. The lowest BCUT2D eigenvalue weighted by atomic mass is 9.78. The zero-order chi connectivity index (χ0) is 16.7. The van der Waals surface area contributed by atoms with Crippen molar-refractivity contribution in [2.24, 2.45) is 11.7 Å². The standard InChI is InChI=1S/C18H19ClN4O/c19-15-8-13(16(20)24)17(23-22-15)21-10-12-9-18(12)7-3-5-11-4-1-2-6-14(11)18/h1-2,4,6,8,12H,3,5,7,9-10H2,(H2,20,24)(H,21,23). The smallest absolute Gasteiger partial charge is 0.252 e. The maximum Gasteiger partial charge on any atom is 0.252 e. The molecule has 0 saturated heterocycles. The molecule has 1 heterocycles. The first kappa shape index (κ1) is 15.4. The molecule has 2 aromatic rings. The molecule has 1 fully saturated rings. The van der Waals surface area contributed by atoms with E-state index < -0.39 is 5.91 Å². The largest absolute Gasteiger partial charge is 0.368 e. The second kappa shape index (κ2) is 5.74. The van der Waals surface area contributed by atoms with Gasteiger partial charge in [0.05, 0.1) is 5.56 Å². The molecule has 1 aromatic heterocycles. The number of fused-ring (bicyclic) bond motifs is 2. The van der Waals surface area contributed by atoms with Crippen molar-refractivity contribution in [3.8, 4) is 0 Å². The molecule has 4 rings (SSSR count). The number of anilines is 1. The molecule has 0 aliphatic heterocycles. The Kier molecular flexibility index (Phi) is 3.68. The van der Waals surface area contributed by atoms with Crippen LogP contribution in [-0.4, -0.2) is 22.6 Å². The van der Waals surface area contributed by atoms with Crippen molar-refractivity contribution in [2.45, 2.75) is 31.1 Å². The summed E-state index contributed by atoms with van der Waals surface area (Å²) in [6, 6.07) is 10.2. The van der Waals surface area contributed by atoms with Crippen molar-refractivity contribution in [3.63, 3.8) is 0 Å². The summed E-state index contributed by atoms with van der Waals surface area (Å²) in [6.07, 6.45) is 4.81. The van der Waals surface area contributed by atoms with Gasteiger partial charge in [0.15, 0.2) is 11.0 Å². The van der Waals surface area contributed by atoms with E-state index in [0.717, 1.165) is 6.54 Å². The summed E-state index contributed by atoms with van der Waals surface area (Å²) in [5.74, 6) is 0.401. The van der Waals surface area contributed by atoms with Crippen LogP contribution in [0.1, 0.15) is 40.7 Å². The number of carbonyl (C=O) groups is 1. The minimum atomic E-state index is -0.553. The second-order valence-corrected chi connectivity index (χ2v) is 7.13. The summed E-state index contributed by atoms with van der Waals surface area (Å²) in [7, 11) is 0.